The summed E-state index contributed by atoms with van der Waals surface area (Å²) in [6.45, 7) is 0. The number of benzene rings is 2. The highest BCUT2D eigenvalue weighted by Gasteiger charge is 2.41. The molecule has 3 nitrogen and oxygen atoms in total. The molecule has 1 amide bonds. The largest absolute Gasteiger partial charge is 0.495 e. The Hall–Kier alpha value is -2.00. The second-order valence-electron chi connectivity index (χ2n) is 6.31. The molecule has 0 unspecified atom stereocenters. The van der Waals surface area contributed by atoms with Crippen LogP contribution in [0.5, 0.6) is 5.75 Å². The minimum atomic E-state index is -0.524. The third-order valence-corrected chi connectivity index (χ3v) is 5.11. The van der Waals surface area contributed by atoms with Gasteiger partial charge in [0.05, 0.1) is 18.2 Å². The maximum atomic E-state index is 13.3. The van der Waals surface area contributed by atoms with E-state index in [-0.39, 0.29) is 5.91 Å². The topological polar surface area (TPSA) is 38.3 Å². The smallest absolute Gasteiger partial charge is 0.235 e. The van der Waals surface area contributed by atoms with Crippen molar-refractivity contribution in [2.75, 3.05) is 12.4 Å². The van der Waals surface area contributed by atoms with Crippen molar-refractivity contribution in [1.82, 2.24) is 0 Å². The lowest BCUT2D eigenvalue weighted by Crippen LogP contribution is -2.42. The molecule has 24 heavy (non-hydrogen) atoms. The predicted molar refractivity (Wildman–Crippen MR) is 97.8 cm³/mol. The first kappa shape index (κ1) is 16.8. The number of nitrogens with one attached hydrogen (secondary N) is 1. The Bertz CT molecular complexity index is 723. The van der Waals surface area contributed by atoms with E-state index in [1.54, 1.807) is 7.11 Å². The Labute approximate surface area is 148 Å². The van der Waals surface area contributed by atoms with Crippen LogP contribution in [0, 0.1) is 0 Å². The van der Waals surface area contributed by atoms with Crippen LogP contribution in [-0.2, 0) is 10.2 Å². The van der Waals surface area contributed by atoms with E-state index in [1.807, 2.05) is 48.5 Å². The monoisotopic (exact) mass is 343 g/mol. The lowest BCUT2D eigenvalue weighted by Gasteiger charge is -2.36. The summed E-state index contributed by atoms with van der Waals surface area (Å²) in [5.74, 6) is 0.692. The van der Waals surface area contributed by atoms with Crippen molar-refractivity contribution < 1.29 is 9.53 Å². The van der Waals surface area contributed by atoms with Crippen molar-refractivity contribution in [3.05, 3.63) is 59.1 Å². The molecule has 0 bridgehead atoms. The van der Waals surface area contributed by atoms with Crippen LogP contribution in [0.2, 0.25) is 5.02 Å². The van der Waals surface area contributed by atoms with Gasteiger partial charge in [0.2, 0.25) is 5.91 Å². The maximum Gasteiger partial charge on any atom is 0.235 e. The number of para-hydroxylation sites is 2. The molecule has 1 N–H and O–H groups in total. The van der Waals surface area contributed by atoms with Crippen LogP contribution in [0.3, 0.4) is 0 Å². The number of carbonyl (C=O) groups excluding carboxylic acids is 1. The number of methoxy groups -OCH3 is 1. The van der Waals surface area contributed by atoms with Gasteiger partial charge in [-0.2, -0.15) is 0 Å². The molecule has 0 spiro atoms. The molecule has 1 saturated carbocycles. The van der Waals surface area contributed by atoms with Gasteiger partial charge in [-0.1, -0.05) is 55.1 Å². The Morgan fingerprint density at radius 3 is 2.54 bits per heavy atom. The average molecular weight is 344 g/mol. The van der Waals surface area contributed by atoms with Gasteiger partial charge in [-0.15, -0.1) is 0 Å². The molecule has 3 rings (SSSR count). The number of hydrogen-bond donors (Lipinski definition) is 1. The summed E-state index contributed by atoms with van der Waals surface area (Å²) in [5.41, 5.74) is 1.18. The van der Waals surface area contributed by atoms with Crippen molar-refractivity contribution in [1.29, 1.82) is 0 Å². The zero-order chi connectivity index (χ0) is 17.0. The highest BCUT2D eigenvalue weighted by Crippen LogP contribution is 2.41. The van der Waals surface area contributed by atoms with Gasteiger partial charge in [0.15, 0.2) is 0 Å². The summed E-state index contributed by atoms with van der Waals surface area (Å²) in [4.78, 5) is 13.3. The molecule has 0 saturated heterocycles. The molecule has 126 valence electrons. The Morgan fingerprint density at radius 1 is 1.08 bits per heavy atom. The molecule has 0 aromatic heterocycles. The molecule has 0 radical (unpaired) electrons. The summed E-state index contributed by atoms with van der Waals surface area (Å²) in [7, 11) is 1.61. The zero-order valence-corrected chi connectivity index (χ0v) is 14.6. The molecule has 0 aliphatic heterocycles. The number of anilines is 1. The Kier molecular flexibility index (Phi) is 5.10. The van der Waals surface area contributed by atoms with Crippen LogP contribution < -0.4 is 10.1 Å². The van der Waals surface area contributed by atoms with Gasteiger partial charge in [-0.25, -0.2) is 0 Å². The van der Waals surface area contributed by atoms with Crippen LogP contribution in [0.4, 0.5) is 5.69 Å². The first-order valence-corrected chi connectivity index (χ1v) is 8.74. The first-order chi connectivity index (χ1) is 11.7. The van der Waals surface area contributed by atoms with E-state index in [9.17, 15) is 4.79 Å². The van der Waals surface area contributed by atoms with Crippen LogP contribution in [0.25, 0.3) is 0 Å². The fourth-order valence-corrected chi connectivity index (χ4v) is 3.77. The molecule has 0 atom stereocenters. The molecule has 2 aromatic carbocycles. The average Bonchev–Trinajstić information content (AvgIpc) is 2.62. The second-order valence-corrected chi connectivity index (χ2v) is 6.74. The van der Waals surface area contributed by atoms with Gasteiger partial charge < -0.3 is 10.1 Å². The van der Waals surface area contributed by atoms with Gasteiger partial charge in [0.25, 0.3) is 0 Å². The van der Waals surface area contributed by atoms with Crippen LogP contribution >= 0.6 is 11.6 Å². The standard InChI is InChI=1S/C20H22ClNO2/c1-24-18-11-4-3-10-17(18)22-19(23)20(12-5-2-6-13-20)15-8-7-9-16(21)14-15/h3-4,7-11,14H,2,5-6,12-13H2,1H3,(H,22,23). The lowest BCUT2D eigenvalue weighted by atomic mass is 9.68. The van der Waals surface area contributed by atoms with Gasteiger partial charge in [-0.3, -0.25) is 4.79 Å². The van der Waals surface area contributed by atoms with E-state index in [0.717, 1.165) is 31.2 Å². The van der Waals surface area contributed by atoms with Gasteiger partial charge in [-0.05, 0) is 42.7 Å². The molecule has 1 aliphatic carbocycles. The van der Waals surface area contributed by atoms with E-state index < -0.39 is 5.41 Å². The minimum absolute atomic E-state index is 0.0222. The molecule has 1 aliphatic rings. The molecular weight excluding hydrogens is 322 g/mol. The second kappa shape index (κ2) is 7.27. The van der Waals surface area contributed by atoms with Crippen LogP contribution in [-0.4, -0.2) is 13.0 Å². The summed E-state index contributed by atoms with van der Waals surface area (Å²) >= 11 is 6.19. The number of amides is 1. The summed E-state index contributed by atoms with van der Waals surface area (Å²) in [5, 5.41) is 3.75. The van der Waals surface area contributed by atoms with Gasteiger partial charge >= 0.3 is 0 Å². The summed E-state index contributed by atoms with van der Waals surface area (Å²) in [6.07, 6.45) is 4.95. The SMILES string of the molecule is COc1ccccc1NC(=O)C1(c2cccc(Cl)c2)CCCCC1. The normalized spacial score (nSPS) is 16.4. The fraction of sp³-hybridized carbons (Fsp3) is 0.350. The van der Waals surface area contributed by atoms with Gasteiger partial charge in [0.1, 0.15) is 5.75 Å². The minimum Gasteiger partial charge on any atom is -0.495 e. The molecular formula is C20H22ClNO2. The zero-order valence-electron chi connectivity index (χ0n) is 13.8. The maximum absolute atomic E-state index is 13.3. The number of ether oxygens (including phenoxy) is 1. The summed E-state index contributed by atoms with van der Waals surface area (Å²) in [6, 6.07) is 15.2. The number of rotatable bonds is 4. The first-order valence-electron chi connectivity index (χ1n) is 8.36. The molecule has 2 aromatic rings. The van der Waals surface area contributed by atoms with Crippen molar-refractivity contribution in [3.8, 4) is 5.75 Å². The van der Waals surface area contributed by atoms with Crippen LogP contribution in [0.15, 0.2) is 48.5 Å². The van der Waals surface area contributed by atoms with Crippen molar-refractivity contribution in [2.45, 2.75) is 37.5 Å². The Morgan fingerprint density at radius 2 is 1.83 bits per heavy atom. The predicted octanol–water partition coefficient (Wildman–Crippen LogP) is 5.19. The quantitative estimate of drug-likeness (QED) is 0.829. The number of halogens is 1. The third kappa shape index (κ3) is 3.27. The van der Waals surface area contributed by atoms with E-state index >= 15 is 0 Å². The van der Waals surface area contributed by atoms with E-state index in [2.05, 4.69) is 5.32 Å². The van der Waals surface area contributed by atoms with E-state index in [1.165, 1.54) is 6.42 Å². The van der Waals surface area contributed by atoms with Crippen LogP contribution in [0.1, 0.15) is 37.7 Å². The van der Waals surface area contributed by atoms with E-state index in [0.29, 0.717) is 16.5 Å². The van der Waals surface area contributed by atoms with E-state index in [4.69, 9.17) is 16.3 Å². The highest BCUT2D eigenvalue weighted by atomic mass is 35.5. The van der Waals surface area contributed by atoms with Crippen molar-refractivity contribution >= 4 is 23.2 Å². The Balaban J connectivity index is 1.95. The number of carbonyl (C=O) groups is 1. The molecule has 4 heteroatoms. The third-order valence-electron chi connectivity index (χ3n) is 4.87. The van der Waals surface area contributed by atoms with Gasteiger partial charge in [0, 0.05) is 5.02 Å². The molecule has 0 heterocycles. The highest BCUT2D eigenvalue weighted by molar-refractivity contribution is 6.30. The number of hydrogen-bond acceptors (Lipinski definition) is 2. The summed E-state index contributed by atoms with van der Waals surface area (Å²) < 4.78 is 5.36. The molecule has 1 fully saturated rings. The lowest BCUT2D eigenvalue weighted by molar-refractivity contribution is -0.122. The van der Waals surface area contributed by atoms with Crippen molar-refractivity contribution in [2.24, 2.45) is 0 Å². The fourth-order valence-electron chi connectivity index (χ4n) is 3.58. The van der Waals surface area contributed by atoms with Crippen molar-refractivity contribution in [3.63, 3.8) is 0 Å².